The molecule has 0 aliphatic heterocycles. The molecule has 0 aliphatic rings. The van der Waals surface area contributed by atoms with Crippen molar-refractivity contribution < 1.29 is 0 Å². The Bertz CT molecular complexity index is 3120. The molecule has 3 aromatic heterocycles. The van der Waals surface area contributed by atoms with Crippen LogP contribution in [0, 0.1) is 0 Å². The quantitative estimate of drug-likeness (QED) is 0.133. The molecule has 300 valence electrons. The van der Waals surface area contributed by atoms with Crippen LogP contribution in [0.5, 0.6) is 0 Å². The highest BCUT2D eigenvalue weighted by Crippen LogP contribution is 2.34. The smallest absolute Gasteiger partial charge is 0.164 e. The lowest BCUT2D eigenvalue weighted by Gasteiger charge is -2.14. The Labute approximate surface area is 365 Å². The first-order chi connectivity index (χ1) is 31.0. The van der Waals surface area contributed by atoms with Crippen molar-refractivity contribution in [1.82, 2.24) is 44.9 Å². The lowest BCUT2D eigenvalue weighted by molar-refractivity contribution is 0.766. The molecule has 0 N–H and O–H groups in total. The average molecular weight is 814 g/mol. The van der Waals surface area contributed by atoms with Crippen LogP contribution in [0.25, 0.3) is 102 Å². The molecule has 0 saturated heterocycles. The summed E-state index contributed by atoms with van der Waals surface area (Å²) >= 11 is 0. The number of hydrogen-bond acceptors (Lipinski definition) is 9. The first-order valence-corrected chi connectivity index (χ1v) is 20.8. The topological polar surface area (TPSA) is 116 Å². The van der Waals surface area contributed by atoms with Gasteiger partial charge in [-0.25, -0.2) is 44.9 Å². The predicted molar refractivity (Wildman–Crippen MR) is 250 cm³/mol. The summed E-state index contributed by atoms with van der Waals surface area (Å²) in [6, 6.07) is 64.5. The average Bonchev–Trinajstić information content (AvgIpc) is 3.37. The summed E-state index contributed by atoms with van der Waals surface area (Å²) in [6.45, 7) is 4.17. The third-order valence-electron chi connectivity index (χ3n) is 10.5. The number of aromatic nitrogens is 9. The standard InChI is InChI=1S/C54H39N9/c1-35(2)46-55-47(37-21-10-4-11-22-37)59-52(56-46)43-32-44(53-60-48(38-23-12-5-13-24-38)57-49(61-53)39-25-14-6-15-26-39)34-45(33-43)54-62-50(40-27-16-7-17-28-40)58-51(63-54)42-30-18-29-41(31-42)36-19-8-3-9-20-36/h3-35H,1-2H3. The third kappa shape index (κ3) is 8.49. The molecule has 0 bridgehead atoms. The maximum atomic E-state index is 5.22. The molecule has 9 nitrogen and oxygen atoms in total. The van der Waals surface area contributed by atoms with Gasteiger partial charge in [-0.05, 0) is 35.4 Å². The second-order valence-electron chi connectivity index (χ2n) is 15.3. The van der Waals surface area contributed by atoms with Crippen molar-refractivity contribution in [3.05, 3.63) is 200 Å². The number of rotatable bonds is 10. The highest BCUT2D eigenvalue weighted by molar-refractivity contribution is 5.79. The van der Waals surface area contributed by atoms with E-state index >= 15 is 0 Å². The zero-order chi connectivity index (χ0) is 42.5. The summed E-state index contributed by atoms with van der Waals surface area (Å²) in [6.07, 6.45) is 0. The van der Waals surface area contributed by atoms with E-state index in [9.17, 15) is 0 Å². The fourth-order valence-electron chi connectivity index (χ4n) is 7.27. The van der Waals surface area contributed by atoms with Gasteiger partial charge in [0.15, 0.2) is 46.6 Å². The van der Waals surface area contributed by atoms with E-state index in [1.165, 1.54) is 0 Å². The Morgan fingerprint density at radius 3 is 0.810 bits per heavy atom. The van der Waals surface area contributed by atoms with Gasteiger partial charge in [0.05, 0.1) is 0 Å². The second kappa shape index (κ2) is 17.3. The van der Waals surface area contributed by atoms with Gasteiger partial charge in [0.2, 0.25) is 0 Å². The maximum Gasteiger partial charge on any atom is 0.164 e. The van der Waals surface area contributed by atoms with Crippen LogP contribution in [0.4, 0.5) is 0 Å². The van der Waals surface area contributed by atoms with Crippen molar-refractivity contribution in [1.29, 1.82) is 0 Å². The minimum Gasteiger partial charge on any atom is -0.213 e. The van der Waals surface area contributed by atoms with Crippen molar-refractivity contribution in [3.63, 3.8) is 0 Å². The second-order valence-corrected chi connectivity index (χ2v) is 15.3. The molecule has 63 heavy (non-hydrogen) atoms. The first kappa shape index (κ1) is 38.8. The zero-order valence-electron chi connectivity index (χ0n) is 34.6. The first-order valence-electron chi connectivity index (χ1n) is 20.8. The summed E-state index contributed by atoms with van der Waals surface area (Å²) in [5.74, 6) is 4.91. The molecule has 7 aromatic carbocycles. The monoisotopic (exact) mass is 813 g/mol. The molecule has 0 unspecified atom stereocenters. The number of benzene rings is 7. The van der Waals surface area contributed by atoms with E-state index < -0.39 is 0 Å². The maximum absolute atomic E-state index is 5.22. The van der Waals surface area contributed by atoms with E-state index in [0.717, 1.165) is 44.5 Å². The van der Waals surface area contributed by atoms with Gasteiger partial charge in [-0.1, -0.05) is 184 Å². The summed E-state index contributed by atoms with van der Waals surface area (Å²) in [5.41, 5.74) is 8.65. The van der Waals surface area contributed by atoms with Gasteiger partial charge >= 0.3 is 0 Å². The minimum atomic E-state index is 0.0356. The molecule has 0 saturated carbocycles. The van der Waals surface area contributed by atoms with Gasteiger partial charge < -0.3 is 0 Å². The Morgan fingerprint density at radius 1 is 0.222 bits per heavy atom. The molecule has 0 amide bonds. The van der Waals surface area contributed by atoms with E-state index in [0.29, 0.717) is 63.5 Å². The highest BCUT2D eigenvalue weighted by Gasteiger charge is 2.20. The van der Waals surface area contributed by atoms with Crippen molar-refractivity contribution in [2.75, 3.05) is 0 Å². The normalized spacial score (nSPS) is 11.2. The third-order valence-corrected chi connectivity index (χ3v) is 10.5. The number of hydrogen-bond donors (Lipinski definition) is 0. The van der Waals surface area contributed by atoms with E-state index in [2.05, 4.69) is 38.1 Å². The van der Waals surface area contributed by atoms with Crippen LogP contribution in [-0.4, -0.2) is 44.9 Å². The van der Waals surface area contributed by atoms with Gasteiger partial charge in [0, 0.05) is 50.4 Å². The van der Waals surface area contributed by atoms with Crippen LogP contribution in [0.3, 0.4) is 0 Å². The largest absolute Gasteiger partial charge is 0.213 e. The Balaban J connectivity index is 1.22. The van der Waals surface area contributed by atoms with Crippen LogP contribution in [-0.2, 0) is 0 Å². The molecule has 0 fully saturated rings. The van der Waals surface area contributed by atoms with E-state index in [1.807, 2.05) is 170 Å². The van der Waals surface area contributed by atoms with Gasteiger partial charge in [-0.15, -0.1) is 0 Å². The van der Waals surface area contributed by atoms with Crippen LogP contribution < -0.4 is 0 Å². The molecule has 0 radical (unpaired) electrons. The molecule has 0 atom stereocenters. The van der Waals surface area contributed by atoms with Crippen LogP contribution in [0.1, 0.15) is 25.6 Å². The molecule has 0 spiro atoms. The Kier molecular flexibility index (Phi) is 10.6. The fraction of sp³-hybridized carbons (Fsp3) is 0.0556. The van der Waals surface area contributed by atoms with Gasteiger partial charge in [-0.3, -0.25) is 0 Å². The minimum absolute atomic E-state index is 0.0356. The molecule has 3 heterocycles. The van der Waals surface area contributed by atoms with Crippen molar-refractivity contribution in [2.24, 2.45) is 0 Å². The summed E-state index contributed by atoms with van der Waals surface area (Å²) in [4.78, 5) is 45.7. The van der Waals surface area contributed by atoms with Crippen molar-refractivity contribution >= 4 is 0 Å². The molecule has 10 rings (SSSR count). The summed E-state index contributed by atoms with van der Waals surface area (Å²) in [7, 11) is 0. The van der Waals surface area contributed by atoms with E-state index in [1.54, 1.807) is 0 Å². The number of nitrogens with zero attached hydrogens (tertiary/aromatic N) is 9. The lowest BCUT2D eigenvalue weighted by atomic mass is 10.0. The van der Waals surface area contributed by atoms with Crippen LogP contribution >= 0.6 is 0 Å². The van der Waals surface area contributed by atoms with Gasteiger partial charge in [0.25, 0.3) is 0 Å². The SMILES string of the molecule is CC(C)c1nc(-c2ccccc2)nc(-c2cc(-c3nc(-c4ccccc4)nc(-c4ccccc4)n3)cc(-c3nc(-c4ccccc4)nc(-c4cccc(-c5ccccc5)c4)n3)c2)n1. The van der Waals surface area contributed by atoms with E-state index in [4.69, 9.17) is 44.9 Å². The zero-order valence-corrected chi connectivity index (χ0v) is 34.6. The molecular formula is C54H39N9. The predicted octanol–water partition coefficient (Wildman–Crippen LogP) is 12.4. The molecule has 9 heteroatoms. The highest BCUT2D eigenvalue weighted by atomic mass is 15.1. The fourth-order valence-corrected chi connectivity index (χ4v) is 7.27. The molecular weight excluding hydrogens is 775 g/mol. The van der Waals surface area contributed by atoms with Crippen LogP contribution in [0.2, 0.25) is 0 Å². The van der Waals surface area contributed by atoms with Crippen LogP contribution in [0.15, 0.2) is 194 Å². The summed E-state index contributed by atoms with van der Waals surface area (Å²) in [5, 5.41) is 0. The molecule has 0 aliphatic carbocycles. The molecule has 10 aromatic rings. The van der Waals surface area contributed by atoms with Crippen molar-refractivity contribution in [3.8, 4) is 102 Å². The van der Waals surface area contributed by atoms with E-state index in [-0.39, 0.29) is 5.92 Å². The summed E-state index contributed by atoms with van der Waals surface area (Å²) < 4.78 is 0. The van der Waals surface area contributed by atoms with Gasteiger partial charge in [0.1, 0.15) is 5.82 Å². The van der Waals surface area contributed by atoms with Gasteiger partial charge in [-0.2, -0.15) is 0 Å². The Morgan fingerprint density at radius 2 is 0.460 bits per heavy atom. The van der Waals surface area contributed by atoms with Crippen molar-refractivity contribution in [2.45, 2.75) is 19.8 Å². The lowest BCUT2D eigenvalue weighted by Crippen LogP contribution is -2.05. The Hall–Kier alpha value is -8.43.